The van der Waals surface area contributed by atoms with Crippen LogP contribution in [0.2, 0.25) is 0 Å². The molecule has 0 aliphatic heterocycles. The molecule has 7 rings (SSSR count). The van der Waals surface area contributed by atoms with Gasteiger partial charge in [0.1, 0.15) is 40.2 Å². The van der Waals surface area contributed by atoms with Crippen LogP contribution in [0.5, 0.6) is 40.2 Å². The second kappa shape index (κ2) is 41.9. The van der Waals surface area contributed by atoms with Gasteiger partial charge in [-0.1, -0.05) is 345 Å². The van der Waals surface area contributed by atoms with E-state index in [1.807, 2.05) is 84.0 Å². The van der Waals surface area contributed by atoms with E-state index in [4.69, 9.17) is 4.74 Å². The van der Waals surface area contributed by atoms with E-state index in [1.165, 1.54) is 112 Å². The van der Waals surface area contributed by atoms with Crippen molar-refractivity contribution in [1.82, 2.24) is 0 Å². The number of rotatable bonds is 28. The van der Waals surface area contributed by atoms with Gasteiger partial charge in [0.2, 0.25) is 0 Å². The smallest absolute Gasteiger partial charge is 0.306 e. The summed E-state index contributed by atoms with van der Waals surface area (Å²) in [6.07, 6.45) is 25.5. The van der Waals surface area contributed by atoms with E-state index < -0.39 is 0 Å². The lowest BCUT2D eigenvalue weighted by Gasteiger charge is -2.30. The number of benzene rings is 7. The first-order valence-electron chi connectivity index (χ1n) is 41.9. The van der Waals surface area contributed by atoms with Crippen molar-refractivity contribution in [2.45, 2.75) is 374 Å². The van der Waals surface area contributed by atoms with Gasteiger partial charge in [0.15, 0.2) is 0 Å². The molecule has 0 spiro atoms. The van der Waals surface area contributed by atoms with Crippen LogP contribution in [0.4, 0.5) is 0 Å². The van der Waals surface area contributed by atoms with Crippen LogP contribution < -0.4 is 0 Å². The molecule has 9 heteroatoms. The molecule has 0 aliphatic carbocycles. The topological polar surface area (TPSA) is 168 Å². The molecule has 1 atom stereocenters. The molecular weight excluding hydrogens is 1360 g/mol. The molecule has 7 N–H and O–H groups in total. The molecule has 0 bridgehead atoms. The SMILES string of the molecule is CCCCCCCCCCCCCCCCCCOC(=O)CCc1cc(C)c(O)c(C(C)(C)C)c1.CCc1cc(C)c(O)c(Cc2cc(CC)cc(C(C)(C)C)c2O)c1.Cc1cc(C(C)(C)C)cc(C(C)c2cc(C(C)(C)C)cc(C(C)(C)C)c2O)c1O.Cc1cc(C)c(O)c(Cc2cc(C)cc(C(C)(C)C)c2O)c1. The largest absolute Gasteiger partial charge is 0.507 e. The third kappa shape index (κ3) is 29.3. The molecule has 0 amide bonds. The van der Waals surface area contributed by atoms with Gasteiger partial charge in [-0.15, -0.1) is 0 Å². The Morgan fingerprint density at radius 1 is 0.327 bits per heavy atom. The number of unbranched alkanes of at least 4 members (excludes halogenated alkanes) is 15. The van der Waals surface area contributed by atoms with Crippen molar-refractivity contribution in [3.8, 4) is 40.2 Å². The summed E-state index contributed by atoms with van der Waals surface area (Å²) in [5.41, 5.74) is 20.1. The van der Waals surface area contributed by atoms with Crippen LogP contribution in [-0.2, 0) is 74.1 Å². The zero-order valence-electron chi connectivity index (χ0n) is 74.4. The van der Waals surface area contributed by atoms with Gasteiger partial charge in [0.05, 0.1) is 6.61 Å². The molecule has 9 nitrogen and oxygen atoms in total. The normalized spacial score (nSPS) is 12.4. The number of aromatic hydroxyl groups is 7. The number of carbonyl (C=O) groups excluding carboxylic acids is 1. The standard InChI is InChI=1S/C32H56O3.C27H40O2.C22H30O2.C20H26O2/c1-6-7-8-9-10-11-12-13-14-15-16-17-18-19-20-21-24-35-30(33)23-22-28-25-27(2)31(34)29(26-28)32(3,4)5;1-16-12-18(25(3,4)5)13-20(23(16)28)17(2)21-14-19(26(6,7)8)15-22(24(21)29)27(9,10)11;1-7-15-9-14(3)20(23)17(10-15)13-18-11-16(8-2)12-19(21(18)24)22(4,5)6;1-12-7-14(3)18(21)15(8-12)11-16-9-13(2)10-17(19(16)22)20(4,5)6/h25-26,34H,6-24H2,1-5H3;12-15,17,28-29H,1-11H3;9-12,23-24H,7-8,13H2,1-6H3;7-10,21-22H,11H2,1-6H3. The van der Waals surface area contributed by atoms with Crippen LogP contribution in [0.15, 0.2) is 84.9 Å². The minimum absolute atomic E-state index is 0.0151. The van der Waals surface area contributed by atoms with E-state index >= 15 is 0 Å². The molecule has 0 fully saturated rings. The summed E-state index contributed by atoms with van der Waals surface area (Å²) in [5, 5.41) is 74.7. The van der Waals surface area contributed by atoms with E-state index in [1.54, 1.807) is 0 Å². The lowest BCUT2D eigenvalue weighted by Crippen LogP contribution is -2.18. The Labute approximate surface area is 669 Å². The average molecular weight is 1510 g/mol. The van der Waals surface area contributed by atoms with E-state index in [9.17, 15) is 40.5 Å². The number of phenols is 7. The molecule has 0 radical (unpaired) electrons. The summed E-state index contributed by atoms with van der Waals surface area (Å²) in [6.45, 7) is 59.4. The van der Waals surface area contributed by atoms with Crippen molar-refractivity contribution in [3.05, 3.63) is 202 Å². The Hall–Kier alpha value is -7.39. The molecule has 0 saturated heterocycles. The van der Waals surface area contributed by atoms with Crippen LogP contribution in [-0.4, -0.2) is 48.3 Å². The summed E-state index contributed by atoms with van der Waals surface area (Å²) in [5.74, 6) is 2.16. The molecule has 110 heavy (non-hydrogen) atoms. The number of hydrogen-bond acceptors (Lipinski definition) is 9. The highest BCUT2D eigenvalue weighted by Gasteiger charge is 2.31. The zero-order valence-corrected chi connectivity index (χ0v) is 74.4. The Morgan fingerprint density at radius 3 is 1.10 bits per heavy atom. The molecule has 0 aliphatic rings. The molecule has 0 aromatic heterocycles. The fourth-order valence-electron chi connectivity index (χ4n) is 14.6. The predicted molar refractivity (Wildman–Crippen MR) is 468 cm³/mol. The van der Waals surface area contributed by atoms with E-state index in [2.05, 4.69) is 195 Å². The average Bonchev–Trinajstić information content (AvgIpc) is 0.764. The first-order chi connectivity index (χ1) is 51.0. The van der Waals surface area contributed by atoms with Crippen molar-refractivity contribution in [1.29, 1.82) is 0 Å². The number of esters is 1. The van der Waals surface area contributed by atoms with Crippen molar-refractivity contribution in [2.24, 2.45) is 0 Å². The van der Waals surface area contributed by atoms with Crippen molar-refractivity contribution in [2.75, 3.05) is 6.61 Å². The summed E-state index contributed by atoms with van der Waals surface area (Å²) in [6, 6.07) is 28.7. The molecule has 7 aromatic rings. The maximum atomic E-state index is 12.1. The third-order valence-corrected chi connectivity index (χ3v) is 21.7. The van der Waals surface area contributed by atoms with E-state index in [0.29, 0.717) is 72.5 Å². The van der Waals surface area contributed by atoms with Gasteiger partial charge in [-0.25, -0.2) is 0 Å². The van der Waals surface area contributed by atoms with Crippen LogP contribution in [0.25, 0.3) is 0 Å². The fraction of sp³-hybridized carbons (Fsp3) is 0.574. The van der Waals surface area contributed by atoms with Crippen molar-refractivity contribution in [3.63, 3.8) is 0 Å². The quantitative estimate of drug-likeness (QED) is 0.0187. The fourth-order valence-corrected chi connectivity index (χ4v) is 14.6. The summed E-state index contributed by atoms with van der Waals surface area (Å²) >= 11 is 0. The maximum absolute atomic E-state index is 12.1. The Bertz CT molecular complexity index is 4080. The minimum Gasteiger partial charge on any atom is -0.507 e. The molecule has 0 saturated carbocycles. The number of phenolic OH excluding ortho intramolecular Hbond substituents is 7. The zero-order chi connectivity index (χ0) is 83.2. The highest BCUT2D eigenvalue weighted by molar-refractivity contribution is 5.70. The van der Waals surface area contributed by atoms with Gasteiger partial charge in [0, 0.05) is 36.3 Å². The number of ether oxygens (including phenoxy) is 1. The third-order valence-electron chi connectivity index (χ3n) is 21.7. The molecule has 7 aromatic carbocycles. The molecule has 1 unspecified atom stereocenters. The van der Waals surface area contributed by atoms with Gasteiger partial charge < -0.3 is 40.5 Å². The molecule has 0 heterocycles. The van der Waals surface area contributed by atoms with Gasteiger partial charge >= 0.3 is 5.97 Å². The first-order valence-corrected chi connectivity index (χ1v) is 41.9. The maximum Gasteiger partial charge on any atom is 0.306 e. The highest BCUT2D eigenvalue weighted by atomic mass is 16.5. The summed E-state index contributed by atoms with van der Waals surface area (Å²) in [4.78, 5) is 12.1. The first kappa shape index (κ1) is 95.0. The van der Waals surface area contributed by atoms with Crippen molar-refractivity contribution < 1.29 is 45.3 Å². The Morgan fingerprint density at radius 2 is 0.655 bits per heavy atom. The van der Waals surface area contributed by atoms with Gasteiger partial charge in [-0.05, 0) is 194 Å². The summed E-state index contributed by atoms with van der Waals surface area (Å²) < 4.78 is 5.45. The highest BCUT2D eigenvalue weighted by Crippen LogP contribution is 2.46. The Balaban J connectivity index is 0.000000314. The number of hydrogen-bond donors (Lipinski definition) is 7. The predicted octanol–water partition coefficient (Wildman–Crippen LogP) is 27.5. The molecular formula is C101H152O9. The monoisotopic (exact) mass is 1510 g/mol. The Kier molecular flexibility index (Phi) is 36.2. The second-order valence-corrected chi connectivity index (χ2v) is 38.3. The van der Waals surface area contributed by atoms with E-state index in [-0.39, 0.29) is 44.4 Å². The van der Waals surface area contributed by atoms with Gasteiger partial charge in [-0.3, -0.25) is 4.79 Å². The second-order valence-electron chi connectivity index (χ2n) is 38.3. The number of carbonyl (C=O) groups is 1. The van der Waals surface area contributed by atoms with E-state index in [0.717, 1.165) is 120 Å². The van der Waals surface area contributed by atoms with Crippen LogP contribution in [0, 0.1) is 41.5 Å². The van der Waals surface area contributed by atoms with Gasteiger partial charge in [0.25, 0.3) is 0 Å². The van der Waals surface area contributed by atoms with Crippen molar-refractivity contribution >= 4 is 5.97 Å². The van der Waals surface area contributed by atoms with Crippen LogP contribution >= 0.6 is 0 Å². The molecule has 610 valence electrons. The van der Waals surface area contributed by atoms with Crippen LogP contribution in [0.3, 0.4) is 0 Å². The number of aryl methyl sites for hydroxylation is 9. The minimum atomic E-state index is -0.176. The van der Waals surface area contributed by atoms with Gasteiger partial charge in [-0.2, -0.15) is 0 Å². The van der Waals surface area contributed by atoms with Crippen LogP contribution in [0.1, 0.15) is 384 Å². The summed E-state index contributed by atoms with van der Waals surface area (Å²) in [7, 11) is 0. The lowest BCUT2D eigenvalue weighted by molar-refractivity contribution is -0.143. The lowest BCUT2D eigenvalue weighted by atomic mass is 9.76.